The van der Waals surface area contributed by atoms with Gasteiger partial charge in [0.1, 0.15) is 18.4 Å². The van der Waals surface area contributed by atoms with Gasteiger partial charge in [-0.2, -0.15) is 5.10 Å². The smallest absolute Gasteiger partial charge is 0.194 e. The Hall–Kier alpha value is -2.21. The predicted octanol–water partition coefficient (Wildman–Crippen LogP) is 1.84. The average Bonchev–Trinajstić information content (AvgIpc) is 3.05. The van der Waals surface area contributed by atoms with Gasteiger partial charge in [0, 0.05) is 27.3 Å². The van der Waals surface area contributed by atoms with E-state index in [4.69, 9.17) is 5.73 Å². The Bertz CT molecular complexity index is 856. The van der Waals surface area contributed by atoms with Crippen molar-refractivity contribution in [3.63, 3.8) is 0 Å². The molecule has 0 aliphatic heterocycles. The lowest BCUT2D eigenvalue weighted by molar-refractivity contribution is -0.670. The van der Waals surface area contributed by atoms with Crippen LogP contribution < -0.4 is 10.3 Å². The van der Waals surface area contributed by atoms with Crippen molar-refractivity contribution in [1.82, 2.24) is 9.78 Å². The van der Waals surface area contributed by atoms with Crippen molar-refractivity contribution in [2.45, 2.75) is 25.4 Å². The number of aryl methyl sites for hydroxylation is 1. The molecule has 0 amide bonds. The van der Waals surface area contributed by atoms with Gasteiger partial charge in [-0.05, 0) is 18.9 Å². The molecule has 6 heteroatoms. The van der Waals surface area contributed by atoms with Gasteiger partial charge in [-0.1, -0.05) is 0 Å². The molecule has 3 aromatic rings. The fourth-order valence-corrected chi connectivity index (χ4v) is 3.32. The van der Waals surface area contributed by atoms with E-state index in [0.29, 0.717) is 11.9 Å². The lowest BCUT2D eigenvalue weighted by Crippen LogP contribution is -2.26. The molecule has 1 saturated carbocycles. The molecule has 0 saturated heterocycles. The fraction of sp³-hybridized carbons (Fsp3) is 0.312. The molecule has 0 spiro atoms. The lowest BCUT2D eigenvalue weighted by atomic mass is 10.3. The normalized spacial score (nSPS) is 15.6. The van der Waals surface area contributed by atoms with Crippen LogP contribution in [0.2, 0.25) is 0 Å². The number of aliphatic imine (C=N–C) groups is 1. The summed E-state index contributed by atoms with van der Waals surface area (Å²) in [6.45, 7) is 0.759. The maximum atomic E-state index is 6.06. The SMILES string of the molecule is C[n+]1ccc2cnn(Cc3cc(C(N)=NC4CC4)cs3)c2c1. The fourth-order valence-electron chi connectivity index (χ4n) is 2.46. The van der Waals surface area contributed by atoms with E-state index in [9.17, 15) is 0 Å². The second kappa shape index (κ2) is 5.21. The molecule has 0 unspecified atom stereocenters. The Morgan fingerprint density at radius 1 is 1.55 bits per heavy atom. The molecule has 0 aromatic carbocycles. The first-order valence-electron chi connectivity index (χ1n) is 7.41. The summed E-state index contributed by atoms with van der Waals surface area (Å²) in [7, 11) is 2.02. The number of thiophene rings is 1. The second-order valence-corrected chi connectivity index (χ2v) is 6.80. The van der Waals surface area contributed by atoms with Crippen molar-refractivity contribution in [2.75, 3.05) is 0 Å². The first kappa shape index (κ1) is 13.5. The van der Waals surface area contributed by atoms with E-state index < -0.39 is 0 Å². The van der Waals surface area contributed by atoms with Crippen LogP contribution in [-0.4, -0.2) is 21.7 Å². The van der Waals surface area contributed by atoms with Gasteiger partial charge in [0.25, 0.3) is 0 Å². The zero-order valence-corrected chi connectivity index (χ0v) is 13.3. The molecule has 3 heterocycles. The van der Waals surface area contributed by atoms with Crippen LogP contribution >= 0.6 is 11.3 Å². The summed E-state index contributed by atoms with van der Waals surface area (Å²) in [5, 5.41) is 7.74. The molecule has 0 bridgehead atoms. The highest BCUT2D eigenvalue weighted by Crippen LogP contribution is 2.25. The van der Waals surface area contributed by atoms with E-state index in [1.54, 1.807) is 11.3 Å². The van der Waals surface area contributed by atoms with Gasteiger partial charge in [0.05, 0.1) is 18.8 Å². The number of fused-ring (bicyclic) bond motifs is 1. The number of pyridine rings is 1. The summed E-state index contributed by atoms with van der Waals surface area (Å²) < 4.78 is 4.07. The Kier molecular flexibility index (Phi) is 3.18. The maximum Gasteiger partial charge on any atom is 0.194 e. The number of nitrogens with zero attached hydrogens (tertiary/aromatic N) is 4. The summed E-state index contributed by atoms with van der Waals surface area (Å²) in [6, 6.07) is 4.67. The highest BCUT2D eigenvalue weighted by atomic mass is 32.1. The Balaban J connectivity index is 1.60. The van der Waals surface area contributed by atoms with Crippen LogP contribution in [0.5, 0.6) is 0 Å². The Labute approximate surface area is 132 Å². The van der Waals surface area contributed by atoms with E-state index in [2.05, 4.69) is 33.8 Å². The van der Waals surface area contributed by atoms with Gasteiger partial charge in [0.2, 0.25) is 0 Å². The molecular weight excluding hydrogens is 294 g/mol. The largest absolute Gasteiger partial charge is 0.383 e. The lowest BCUT2D eigenvalue weighted by Gasteiger charge is -2.00. The third-order valence-electron chi connectivity index (χ3n) is 3.85. The molecule has 1 aliphatic rings. The Morgan fingerprint density at radius 2 is 2.41 bits per heavy atom. The minimum absolute atomic E-state index is 0.457. The van der Waals surface area contributed by atoms with E-state index >= 15 is 0 Å². The van der Waals surface area contributed by atoms with E-state index in [1.807, 2.05) is 28.7 Å². The number of hydrogen-bond acceptors (Lipinski definition) is 3. The molecule has 22 heavy (non-hydrogen) atoms. The molecule has 2 N–H and O–H groups in total. The third kappa shape index (κ3) is 2.62. The van der Waals surface area contributed by atoms with Crippen LogP contribution in [-0.2, 0) is 13.6 Å². The maximum absolute atomic E-state index is 6.06. The standard InChI is InChI=1S/C16H18N5S/c1-20-5-4-11-7-18-21(15(11)9-20)8-14-6-12(10-22-14)16(17)19-13-2-3-13/h4-7,9-10,13H,2-3,8H2,1H3,(H2,17,19)/q+1. The summed E-state index contributed by atoms with van der Waals surface area (Å²) >= 11 is 1.71. The van der Waals surface area contributed by atoms with Crippen molar-refractivity contribution in [3.05, 3.63) is 46.5 Å². The third-order valence-corrected chi connectivity index (χ3v) is 4.77. The minimum atomic E-state index is 0.457. The van der Waals surface area contributed by atoms with Crippen LogP contribution in [0.4, 0.5) is 0 Å². The van der Waals surface area contributed by atoms with Crippen LogP contribution in [0, 0.1) is 0 Å². The van der Waals surface area contributed by atoms with Crippen LogP contribution in [0.25, 0.3) is 10.9 Å². The van der Waals surface area contributed by atoms with Gasteiger partial charge < -0.3 is 5.73 Å². The van der Waals surface area contributed by atoms with Crippen LogP contribution in [0.15, 0.2) is 41.1 Å². The predicted molar refractivity (Wildman–Crippen MR) is 88.1 cm³/mol. The highest BCUT2D eigenvalue weighted by Gasteiger charge is 2.21. The number of amidine groups is 1. The molecule has 4 rings (SSSR count). The summed E-state index contributed by atoms with van der Waals surface area (Å²) in [6.07, 6.45) is 8.39. The Morgan fingerprint density at radius 3 is 3.23 bits per heavy atom. The van der Waals surface area contributed by atoms with Crippen molar-refractivity contribution >= 4 is 28.1 Å². The first-order valence-corrected chi connectivity index (χ1v) is 8.29. The summed E-state index contributed by atoms with van der Waals surface area (Å²) in [4.78, 5) is 5.74. The van der Waals surface area contributed by atoms with Crippen molar-refractivity contribution in [1.29, 1.82) is 0 Å². The van der Waals surface area contributed by atoms with Crippen LogP contribution in [0.3, 0.4) is 0 Å². The molecule has 1 aliphatic carbocycles. The van der Waals surface area contributed by atoms with Gasteiger partial charge in [-0.3, -0.25) is 9.67 Å². The van der Waals surface area contributed by atoms with Crippen LogP contribution in [0.1, 0.15) is 23.3 Å². The van der Waals surface area contributed by atoms with Crippen molar-refractivity contribution in [3.8, 4) is 0 Å². The highest BCUT2D eigenvalue weighted by molar-refractivity contribution is 7.10. The van der Waals surface area contributed by atoms with Gasteiger partial charge in [0.15, 0.2) is 12.4 Å². The van der Waals surface area contributed by atoms with E-state index in [1.165, 1.54) is 17.7 Å². The van der Waals surface area contributed by atoms with Gasteiger partial charge in [-0.25, -0.2) is 4.57 Å². The molecule has 5 nitrogen and oxygen atoms in total. The van der Waals surface area contributed by atoms with E-state index in [-0.39, 0.29) is 0 Å². The second-order valence-electron chi connectivity index (χ2n) is 5.80. The molecule has 1 fully saturated rings. The minimum Gasteiger partial charge on any atom is -0.383 e. The number of aromatic nitrogens is 3. The molecular formula is C16H18N5S+. The van der Waals surface area contributed by atoms with Gasteiger partial charge >= 0.3 is 0 Å². The monoisotopic (exact) mass is 312 g/mol. The average molecular weight is 312 g/mol. The first-order chi connectivity index (χ1) is 10.7. The topological polar surface area (TPSA) is 60.1 Å². The molecule has 112 valence electrons. The van der Waals surface area contributed by atoms with E-state index in [0.717, 1.165) is 23.0 Å². The summed E-state index contributed by atoms with van der Waals surface area (Å²) in [5.74, 6) is 0.668. The number of hydrogen-bond donors (Lipinski definition) is 1. The zero-order chi connectivity index (χ0) is 15.1. The number of rotatable bonds is 4. The molecule has 0 atom stereocenters. The van der Waals surface area contributed by atoms with Crippen molar-refractivity contribution in [2.24, 2.45) is 17.8 Å². The van der Waals surface area contributed by atoms with Crippen molar-refractivity contribution < 1.29 is 4.57 Å². The number of nitrogens with two attached hydrogens (primary N) is 1. The summed E-state index contributed by atoms with van der Waals surface area (Å²) in [5.41, 5.74) is 8.24. The molecule has 3 aromatic heterocycles. The quantitative estimate of drug-likeness (QED) is 0.454. The molecule has 0 radical (unpaired) electrons. The van der Waals surface area contributed by atoms with Gasteiger partial charge in [-0.15, -0.1) is 11.3 Å². The zero-order valence-electron chi connectivity index (χ0n) is 12.4.